The Labute approximate surface area is 121 Å². The normalized spacial score (nSPS) is 12.1. The first-order chi connectivity index (χ1) is 9.43. The fourth-order valence-corrected chi connectivity index (χ4v) is 2.21. The number of aryl methyl sites for hydroxylation is 2. The summed E-state index contributed by atoms with van der Waals surface area (Å²) in [5.74, 6) is 0.718. The molecule has 1 aromatic rings. The summed E-state index contributed by atoms with van der Waals surface area (Å²) in [4.78, 5) is 11.6. The van der Waals surface area contributed by atoms with Crippen molar-refractivity contribution in [3.05, 3.63) is 28.8 Å². The highest BCUT2D eigenvalue weighted by molar-refractivity contribution is 5.77. The Morgan fingerprint density at radius 1 is 1.35 bits per heavy atom. The van der Waals surface area contributed by atoms with Gasteiger partial charge >= 0.3 is 0 Å². The molecule has 0 bridgehead atoms. The number of ether oxygens (including phenoxy) is 1. The molecule has 1 amide bonds. The lowest BCUT2D eigenvalue weighted by molar-refractivity contribution is -0.123. The van der Waals surface area contributed by atoms with E-state index in [2.05, 4.69) is 17.4 Å². The van der Waals surface area contributed by atoms with Gasteiger partial charge in [-0.05, 0) is 50.3 Å². The summed E-state index contributed by atoms with van der Waals surface area (Å²) in [5, 5.41) is 2.80. The molecular weight excluding hydrogens is 252 g/mol. The van der Waals surface area contributed by atoms with Gasteiger partial charge in [0, 0.05) is 12.6 Å². The van der Waals surface area contributed by atoms with E-state index in [1.807, 2.05) is 27.7 Å². The molecule has 4 nitrogen and oxygen atoms in total. The van der Waals surface area contributed by atoms with Crippen molar-refractivity contribution in [3.8, 4) is 5.75 Å². The van der Waals surface area contributed by atoms with E-state index in [1.54, 1.807) is 0 Å². The summed E-state index contributed by atoms with van der Waals surface area (Å²) in [6.45, 7) is 8.76. The topological polar surface area (TPSA) is 64.3 Å². The van der Waals surface area contributed by atoms with Crippen LogP contribution < -0.4 is 15.8 Å². The minimum Gasteiger partial charge on any atom is -0.483 e. The fourth-order valence-electron chi connectivity index (χ4n) is 2.21. The molecule has 0 saturated carbocycles. The maximum Gasteiger partial charge on any atom is 0.257 e. The van der Waals surface area contributed by atoms with Gasteiger partial charge in [0.25, 0.3) is 5.91 Å². The van der Waals surface area contributed by atoms with E-state index in [9.17, 15) is 4.79 Å². The highest BCUT2D eigenvalue weighted by Crippen LogP contribution is 2.25. The van der Waals surface area contributed by atoms with Crippen LogP contribution in [-0.4, -0.2) is 25.1 Å². The van der Waals surface area contributed by atoms with E-state index < -0.39 is 0 Å². The third-order valence-electron chi connectivity index (χ3n) is 3.00. The summed E-state index contributed by atoms with van der Waals surface area (Å²) in [6.07, 6.45) is 1.77. The van der Waals surface area contributed by atoms with Crippen molar-refractivity contribution < 1.29 is 9.53 Å². The number of carbonyl (C=O) groups excluding carboxylic acids is 1. The van der Waals surface area contributed by atoms with E-state index in [0.717, 1.165) is 29.7 Å². The Balaban J connectivity index is 2.69. The summed E-state index contributed by atoms with van der Waals surface area (Å²) < 4.78 is 5.64. The van der Waals surface area contributed by atoms with Crippen molar-refractivity contribution in [2.75, 3.05) is 13.2 Å². The van der Waals surface area contributed by atoms with Crippen molar-refractivity contribution in [3.63, 3.8) is 0 Å². The Morgan fingerprint density at radius 3 is 2.45 bits per heavy atom. The standard InChI is InChI=1S/C16H26N2O2/c1-5-6-18-15(19)10-20-16-11(2)7-14(8-12(16)3)9-13(4)17/h7-8,13H,5-6,9-10,17H2,1-4H3,(H,18,19). The van der Waals surface area contributed by atoms with Gasteiger partial charge in [-0.25, -0.2) is 0 Å². The molecule has 1 rings (SSSR count). The first-order valence-electron chi connectivity index (χ1n) is 7.19. The predicted molar refractivity (Wildman–Crippen MR) is 82.1 cm³/mol. The molecule has 3 N–H and O–H groups in total. The summed E-state index contributed by atoms with van der Waals surface area (Å²) in [6, 6.07) is 4.30. The van der Waals surface area contributed by atoms with Gasteiger partial charge in [0.05, 0.1) is 0 Å². The smallest absolute Gasteiger partial charge is 0.257 e. The van der Waals surface area contributed by atoms with Crippen LogP contribution in [0.3, 0.4) is 0 Å². The van der Waals surface area contributed by atoms with Crippen LogP contribution in [0.2, 0.25) is 0 Å². The summed E-state index contributed by atoms with van der Waals surface area (Å²) in [7, 11) is 0. The van der Waals surface area contributed by atoms with Crippen LogP contribution in [0.25, 0.3) is 0 Å². The Bertz CT molecular complexity index is 433. The molecule has 1 unspecified atom stereocenters. The first-order valence-corrected chi connectivity index (χ1v) is 7.19. The lowest BCUT2D eigenvalue weighted by atomic mass is 10.0. The van der Waals surface area contributed by atoms with Gasteiger partial charge in [-0.1, -0.05) is 19.1 Å². The number of hydrogen-bond acceptors (Lipinski definition) is 3. The maximum absolute atomic E-state index is 11.6. The Kier molecular flexibility index (Phi) is 6.52. The number of carbonyl (C=O) groups is 1. The number of rotatable bonds is 7. The monoisotopic (exact) mass is 278 g/mol. The van der Waals surface area contributed by atoms with Crippen LogP contribution in [0.1, 0.15) is 37.0 Å². The van der Waals surface area contributed by atoms with Gasteiger partial charge in [0.2, 0.25) is 0 Å². The molecule has 112 valence electrons. The largest absolute Gasteiger partial charge is 0.483 e. The number of hydrogen-bond donors (Lipinski definition) is 2. The molecular formula is C16H26N2O2. The lowest BCUT2D eigenvalue weighted by Crippen LogP contribution is -2.29. The molecule has 0 aliphatic heterocycles. The Morgan fingerprint density at radius 2 is 1.95 bits per heavy atom. The second kappa shape index (κ2) is 7.90. The number of nitrogens with two attached hydrogens (primary N) is 1. The molecule has 0 heterocycles. The average Bonchev–Trinajstić information content (AvgIpc) is 2.34. The van der Waals surface area contributed by atoms with Crippen LogP contribution >= 0.6 is 0 Å². The van der Waals surface area contributed by atoms with Crippen LogP contribution in [0.4, 0.5) is 0 Å². The quantitative estimate of drug-likeness (QED) is 0.803. The van der Waals surface area contributed by atoms with Crippen LogP contribution in [0.15, 0.2) is 12.1 Å². The van der Waals surface area contributed by atoms with Crippen molar-refractivity contribution in [1.82, 2.24) is 5.32 Å². The summed E-state index contributed by atoms with van der Waals surface area (Å²) in [5.41, 5.74) is 9.12. The van der Waals surface area contributed by atoms with Crippen LogP contribution in [0.5, 0.6) is 5.75 Å². The molecule has 0 aliphatic carbocycles. The van der Waals surface area contributed by atoms with Gasteiger partial charge in [-0.3, -0.25) is 4.79 Å². The Hall–Kier alpha value is -1.55. The van der Waals surface area contributed by atoms with Crippen molar-refractivity contribution in [1.29, 1.82) is 0 Å². The number of benzene rings is 1. The molecule has 1 atom stereocenters. The molecule has 0 fully saturated rings. The number of amides is 1. The molecule has 20 heavy (non-hydrogen) atoms. The van der Waals surface area contributed by atoms with Gasteiger partial charge in [0.15, 0.2) is 6.61 Å². The van der Waals surface area contributed by atoms with Crippen LogP contribution in [-0.2, 0) is 11.2 Å². The van der Waals surface area contributed by atoms with Gasteiger partial charge in [0.1, 0.15) is 5.75 Å². The van der Waals surface area contributed by atoms with E-state index in [1.165, 1.54) is 5.56 Å². The molecule has 0 spiro atoms. The highest BCUT2D eigenvalue weighted by atomic mass is 16.5. The zero-order chi connectivity index (χ0) is 15.1. The molecule has 0 aromatic heterocycles. The summed E-state index contributed by atoms with van der Waals surface area (Å²) >= 11 is 0. The molecule has 0 aliphatic rings. The van der Waals surface area contributed by atoms with Gasteiger partial charge in [-0.2, -0.15) is 0 Å². The zero-order valence-corrected chi connectivity index (χ0v) is 13.0. The fraction of sp³-hybridized carbons (Fsp3) is 0.562. The first kappa shape index (κ1) is 16.5. The number of nitrogens with one attached hydrogen (secondary N) is 1. The highest BCUT2D eigenvalue weighted by Gasteiger charge is 2.09. The zero-order valence-electron chi connectivity index (χ0n) is 13.0. The molecule has 0 radical (unpaired) electrons. The molecule has 1 aromatic carbocycles. The van der Waals surface area contributed by atoms with Gasteiger partial charge in [-0.15, -0.1) is 0 Å². The van der Waals surface area contributed by atoms with Gasteiger partial charge < -0.3 is 15.8 Å². The van der Waals surface area contributed by atoms with E-state index in [0.29, 0.717) is 6.54 Å². The lowest BCUT2D eigenvalue weighted by Gasteiger charge is -2.15. The third-order valence-corrected chi connectivity index (χ3v) is 3.00. The van der Waals surface area contributed by atoms with Crippen molar-refractivity contribution >= 4 is 5.91 Å². The van der Waals surface area contributed by atoms with E-state index in [-0.39, 0.29) is 18.6 Å². The maximum atomic E-state index is 11.6. The third kappa shape index (κ3) is 5.21. The van der Waals surface area contributed by atoms with Crippen molar-refractivity contribution in [2.24, 2.45) is 5.73 Å². The molecule has 4 heteroatoms. The minimum absolute atomic E-state index is 0.0638. The van der Waals surface area contributed by atoms with Crippen molar-refractivity contribution in [2.45, 2.75) is 46.6 Å². The average molecular weight is 278 g/mol. The van der Waals surface area contributed by atoms with Crippen LogP contribution in [0, 0.1) is 13.8 Å². The predicted octanol–water partition coefficient (Wildman–Crippen LogP) is 2.10. The van der Waals surface area contributed by atoms with E-state index in [4.69, 9.17) is 10.5 Å². The second-order valence-corrected chi connectivity index (χ2v) is 5.38. The van der Waals surface area contributed by atoms with E-state index >= 15 is 0 Å². The minimum atomic E-state index is -0.0784. The second-order valence-electron chi connectivity index (χ2n) is 5.38. The molecule has 0 saturated heterocycles. The SMILES string of the molecule is CCCNC(=O)COc1c(C)cc(CC(C)N)cc1C.